The second-order valence-corrected chi connectivity index (χ2v) is 8.55. The van der Waals surface area contributed by atoms with Crippen molar-refractivity contribution in [1.29, 1.82) is 0 Å². The van der Waals surface area contributed by atoms with Gasteiger partial charge in [-0.05, 0) is 44.9 Å². The second kappa shape index (κ2) is 9.91. The minimum absolute atomic E-state index is 0.0540. The van der Waals surface area contributed by atoms with E-state index in [4.69, 9.17) is 14.2 Å². The lowest BCUT2D eigenvalue weighted by atomic mass is 9.88. The molecule has 0 unspecified atom stereocenters. The third-order valence-electron chi connectivity index (χ3n) is 5.09. The van der Waals surface area contributed by atoms with Crippen LogP contribution in [0.25, 0.3) is 0 Å². The van der Waals surface area contributed by atoms with Crippen molar-refractivity contribution < 1.29 is 23.8 Å². The van der Waals surface area contributed by atoms with Crippen molar-refractivity contribution >= 4 is 11.9 Å². The lowest BCUT2D eigenvalue weighted by molar-refractivity contribution is -0.124. The summed E-state index contributed by atoms with van der Waals surface area (Å²) in [6, 6.07) is 3.54. The summed E-state index contributed by atoms with van der Waals surface area (Å²) < 4.78 is 16.4. The molecule has 1 aromatic rings. The zero-order chi connectivity index (χ0) is 22.5. The number of hydrogen-bond donors (Lipinski definition) is 2. The molecule has 1 heterocycles. The molecule has 30 heavy (non-hydrogen) atoms. The van der Waals surface area contributed by atoms with Crippen LogP contribution in [0.1, 0.15) is 45.6 Å². The maximum absolute atomic E-state index is 12.9. The van der Waals surface area contributed by atoms with Crippen LogP contribution in [-0.2, 0) is 4.79 Å². The highest BCUT2D eigenvalue weighted by Gasteiger charge is 2.41. The molecule has 3 amide bonds. The molecule has 1 aliphatic heterocycles. The molecule has 1 aliphatic rings. The van der Waals surface area contributed by atoms with Crippen molar-refractivity contribution in [2.75, 3.05) is 41.0 Å². The molecule has 8 nitrogen and oxygen atoms in total. The lowest BCUT2D eigenvalue weighted by Crippen LogP contribution is -2.48. The Bertz CT molecular complexity index is 735. The van der Waals surface area contributed by atoms with Gasteiger partial charge in [0.05, 0.1) is 27.2 Å². The first-order valence-corrected chi connectivity index (χ1v) is 10.3. The molecule has 0 aliphatic carbocycles. The summed E-state index contributed by atoms with van der Waals surface area (Å²) in [5, 5.41) is 5.96. The van der Waals surface area contributed by atoms with E-state index in [9.17, 15) is 9.59 Å². The Morgan fingerprint density at radius 1 is 1.07 bits per heavy atom. The fourth-order valence-electron chi connectivity index (χ4n) is 3.67. The molecule has 0 aromatic heterocycles. The van der Waals surface area contributed by atoms with Gasteiger partial charge < -0.3 is 29.7 Å². The molecule has 168 valence electrons. The van der Waals surface area contributed by atoms with Crippen molar-refractivity contribution in [1.82, 2.24) is 15.5 Å². The molecule has 0 spiro atoms. The number of rotatable bonds is 7. The lowest BCUT2D eigenvalue weighted by Gasteiger charge is -2.25. The normalized spacial score (nSPS) is 18.7. The fraction of sp³-hybridized carbons (Fsp3) is 0.636. The van der Waals surface area contributed by atoms with Crippen molar-refractivity contribution in [2.45, 2.75) is 45.6 Å². The number of amides is 3. The van der Waals surface area contributed by atoms with Gasteiger partial charge >= 0.3 is 6.03 Å². The highest BCUT2D eigenvalue weighted by molar-refractivity contribution is 5.83. The highest BCUT2D eigenvalue weighted by Crippen LogP contribution is 2.43. The van der Waals surface area contributed by atoms with Crippen molar-refractivity contribution in [2.24, 2.45) is 5.92 Å². The number of hydrogen-bond acceptors (Lipinski definition) is 5. The van der Waals surface area contributed by atoms with E-state index < -0.39 is 0 Å². The van der Waals surface area contributed by atoms with Crippen LogP contribution in [0.4, 0.5) is 4.79 Å². The van der Waals surface area contributed by atoms with E-state index in [0.29, 0.717) is 36.9 Å². The summed E-state index contributed by atoms with van der Waals surface area (Å²) in [4.78, 5) is 27.4. The van der Waals surface area contributed by atoms with Gasteiger partial charge in [0, 0.05) is 31.1 Å². The first-order chi connectivity index (χ1) is 14.1. The van der Waals surface area contributed by atoms with Gasteiger partial charge in [-0.15, -0.1) is 0 Å². The molecule has 8 heteroatoms. The Hall–Kier alpha value is -2.64. The van der Waals surface area contributed by atoms with Gasteiger partial charge in [0.2, 0.25) is 11.7 Å². The number of nitrogens with zero attached hydrogens (tertiary/aromatic N) is 1. The zero-order valence-electron chi connectivity index (χ0n) is 19.1. The Labute approximate surface area is 179 Å². The number of nitrogens with one attached hydrogen (secondary N) is 2. The summed E-state index contributed by atoms with van der Waals surface area (Å²) in [5.41, 5.74) is 0.508. The van der Waals surface area contributed by atoms with E-state index in [0.717, 1.165) is 12.0 Å². The van der Waals surface area contributed by atoms with E-state index in [2.05, 4.69) is 10.6 Å². The maximum Gasteiger partial charge on any atom is 0.317 e. The van der Waals surface area contributed by atoms with Crippen LogP contribution in [0.15, 0.2) is 12.1 Å². The Morgan fingerprint density at radius 2 is 1.67 bits per heavy atom. The first-order valence-electron chi connectivity index (χ1n) is 10.3. The predicted octanol–water partition coefficient (Wildman–Crippen LogP) is 2.76. The SMILES string of the molecule is CCCNC(=O)[C@@H]1CN(C(=O)NC(C)(C)C)C[C@H]1c1cc(OC)c(OC)c(OC)c1. The molecule has 0 saturated carbocycles. The Balaban J connectivity index is 2.40. The smallest absolute Gasteiger partial charge is 0.317 e. The Kier molecular flexibility index (Phi) is 7.81. The summed E-state index contributed by atoms with van der Waals surface area (Å²) in [7, 11) is 4.67. The van der Waals surface area contributed by atoms with Gasteiger partial charge in [0.1, 0.15) is 0 Å². The van der Waals surface area contributed by atoms with Crippen LogP contribution in [0, 0.1) is 5.92 Å². The summed E-state index contributed by atoms with van der Waals surface area (Å²) in [6.45, 7) is 9.18. The average Bonchev–Trinajstić information content (AvgIpc) is 3.15. The minimum atomic E-state index is -0.370. The van der Waals surface area contributed by atoms with Crippen molar-refractivity contribution in [3.8, 4) is 17.2 Å². The largest absolute Gasteiger partial charge is 0.493 e. The van der Waals surface area contributed by atoms with Crippen LogP contribution < -0.4 is 24.8 Å². The van der Waals surface area contributed by atoms with Crippen LogP contribution in [0.2, 0.25) is 0 Å². The molecule has 2 N–H and O–H groups in total. The number of carbonyl (C=O) groups is 2. The van der Waals surface area contributed by atoms with E-state index in [1.165, 1.54) is 0 Å². The summed E-state index contributed by atoms with van der Waals surface area (Å²) in [5.74, 6) is 0.929. The van der Waals surface area contributed by atoms with E-state index >= 15 is 0 Å². The molecule has 2 rings (SSSR count). The van der Waals surface area contributed by atoms with Crippen LogP contribution >= 0.6 is 0 Å². The quantitative estimate of drug-likeness (QED) is 0.707. The topological polar surface area (TPSA) is 89.1 Å². The number of urea groups is 1. The highest BCUT2D eigenvalue weighted by atomic mass is 16.5. The molecule has 2 atom stereocenters. The zero-order valence-corrected chi connectivity index (χ0v) is 19.1. The number of ether oxygens (including phenoxy) is 3. The van der Waals surface area contributed by atoms with Crippen LogP contribution in [0.3, 0.4) is 0 Å². The van der Waals surface area contributed by atoms with Gasteiger partial charge in [-0.1, -0.05) is 6.92 Å². The fourth-order valence-corrected chi connectivity index (χ4v) is 3.67. The minimum Gasteiger partial charge on any atom is -0.493 e. The van der Waals surface area contributed by atoms with E-state index in [1.54, 1.807) is 26.2 Å². The summed E-state index contributed by atoms with van der Waals surface area (Å²) in [6.07, 6.45) is 0.849. The second-order valence-electron chi connectivity index (χ2n) is 8.55. The average molecular weight is 422 g/mol. The molecule has 1 saturated heterocycles. The molecule has 1 aromatic carbocycles. The number of benzene rings is 1. The number of likely N-dealkylation sites (tertiary alicyclic amines) is 1. The third-order valence-corrected chi connectivity index (χ3v) is 5.09. The first kappa shape index (κ1) is 23.6. The molecule has 1 fully saturated rings. The van der Waals surface area contributed by atoms with E-state index in [1.807, 2.05) is 39.8 Å². The Morgan fingerprint density at radius 3 is 2.13 bits per heavy atom. The monoisotopic (exact) mass is 421 g/mol. The van der Waals surface area contributed by atoms with E-state index in [-0.39, 0.29) is 29.3 Å². The van der Waals surface area contributed by atoms with Gasteiger partial charge in [-0.25, -0.2) is 4.79 Å². The van der Waals surface area contributed by atoms with Crippen LogP contribution in [0.5, 0.6) is 17.2 Å². The predicted molar refractivity (Wildman–Crippen MR) is 115 cm³/mol. The van der Waals surface area contributed by atoms with Gasteiger partial charge in [0.15, 0.2) is 11.5 Å². The molecule has 0 radical (unpaired) electrons. The number of methoxy groups -OCH3 is 3. The van der Waals surface area contributed by atoms with Crippen molar-refractivity contribution in [3.05, 3.63) is 17.7 Å². The molecular weight excluding hydrogens is 386 g/mol. The number of carbonyl (C=O) groups excluding carboxylic acids is 2. The standard InChI is InChI=1S/C22H35N3O5/c1-8-9-23-20(26)16-13-25(21(27)24-22(2,3)4)12-15(16)14-10-17(28-5)19(30-7)18(11-14)29-6/h10-11,15-16H,8-9,12-13H2,1-7H3,(H,23,26)(H,24,27)/t15-,16+/m0/s1. The maximum atomic E-state index is 12.9. The van der Waals surface area contributed by atoms with Gasteiger partial charge in [-0.2, -0.15) is 0 Å². The van der Waals surface area contributed by atoms with Crippen LogP contribution in [-0.4, -0.2) is 63.3 Å². The summed E-state index contributed by atoms with van der Waals surface area (Å²) >= 11 is 0. The van der Waals surface area contributed by atoms with Gasteiger partial charge in [0.25, 0.3) is 0 Å². The van der Waals surface area contributed by atoms with Gasteiger partial charge in [-0.3, -0.25) is 4.79 Å². The third kappa shape index (κ3) is 5.49. The molecular formula is C22H35N3O5. The molecule has 0 bridgehead atoms. The van der Waals surface area contributed by atoms with Crippen molar-refractivity contribution in [3.63, 3.8) is 0 Å².